The van der Waals surface area contributed by atoms with Crippen LogP contribution in [0.3, 0.4) is 0 Å². The fourth-order valence-corrected chi connectivity index (χ4v) is 3.46. The second-order valence-corrected chi connectivity index (χ2v) is 6.46. The van der Waals surface area contributed by atoms with Crippen LogP contribution in [0.15, 0.2) is 16.7 Å². The number of furan rings is 1. The number of carbonyl (C=O) groups is 1. The van der Waals surface area contributed by atoms with Gasteiger partial charge in [-0.3, -0.25) is 4.79 Å². The smallest absolute Gasteiger partial charge is 0.235 e. The van der Waals surface area contributed by atoms with E-state index in [1.807, 2.05) is 20.0 Å². The SMILES string of the molecule is Cc1occc1CN(C)C(=O)C1(C(N)=S)CCCCCC1. The van der Waals surface area contributed by atoms with Gasteiger partial charge in [-0.1, -0.05) is 37.9 Å². The van der Waals surface area contributed by atoms with Gasteiger partial charge in [-0.25, -0.2) is 0 Å². The highest BCUT2D eigenvalue weighted by molar-refractivity contribution is 7.80. The third-order valence-electron chi connectivity index (χ3n) is 4.56. The molecule has 0 aromatic carbocycles. The first kappa shape index (κ1) is 16.0. The zero-order valence-electron chi connectivity index (χ0n) is 12.9. The molecule has 1 aromatic rings. The Bertz CT molecular complexity index is 516. The third kappa shape index (κ3) is 3.28. The molecule has 1 aliphatic rings. The number of thiocarbonyl (C=S) groups is 1. The summed E-state index contributed by atoms with van der Waals surface area (Å²) >= 11 is 5.27. The average molecular weight is 308 g/mol. The number of nitrogens with two attached hydrogens (primary N) is 1. The summed E-state index contributed by atoms with van der Waals surface area (Å²) in [5.41, 5.74) is 6.35. The molecule has 116 valence electrons. The van der Waals surface area contributed by atoms with Gasteiger partial charge in [0.05, 0.1) is 16.7 Å². The van der Waals surface area contributed by atoms with Crippen molar-refractivity contribution in [2.24, 2.45) is 11.1 Å². The van der Waals surface area contributed by atoms with Crippen molar-refractivity contribution in [3.8, 4) is 0 Å². The van der Waals surface area contributed by atoms with Crippen LogP contribution in [0.25, 0.3) is 0 Å². The van der Waals surface area contributed by atoms with E-state index in [2.05, 4.69) is 0 Å². The third-order valence-corrected chi connectivity index (χ3v) is 4.95. The predicted molar refractivity (Wildman–Crippen MR) is 86.8 cm³/mol. The molecule has 4 nitrogen and oxygen atoms in total. The minimum absolute atomic E-state index is 0.0532. The number of hydrogen-bond donors (Lipinski definition) is 1. The second-order valence-electron chi connectivity index (χ2n) is 6.02. The molecule has 1 amide bonds. The molecule has 1 fully saturated rings. The zero-order valence-corrected chi connectivity index (χ0v) is 13.7. The number of carbonyl (C=O) groups excluding carboxylic acids is 1. The van der Waals surface area contributed by atoms with E-state index in [0.29, 0.717) is 11.5 Å². The number of rotatable bonds is 4. The van der Waals surface area contributed by atoms with E-state index in [9.17, 15) is 4.79 Å². The van der Waals surface area contributed by atoms with Gasteiger partial charge >= 0.3 is 0 Å². The van der Waals surface area contributed by atoms with Crippen LogP contribution in [-0.4, -0.2) is 22.8 Å². The van der Waals surface area contributed by atoms with Crippen LogP contribution in [0, 0.1) is 12.3 Å². The van der Waals surface area contributed by atoms with Gasteiger partial charge < -0.3 is 15.1 Å². The highest BCUT2D eigenvalue weighted by Gasteiger charge is 2.43. The summed E-state index contributed by atoms with van der Waals surface area (Å²) in [7, 11) is 1.82. The minimum Gasteiger partial charge on any atom is -0.469 e. The van der Waals surface area contributed by atoms with E-state index < -0.39 is 5.41 Å². The highest BCUT2D eigenvalue weighted by Crippen LogP contribution is 2.37. The van der Waals surface area contributed by atoms with E-state index in [4.69, 9.17) is 22.4 Å². The van der Waals surface area contributed by atoms with E-state index in [0.717, 1.165) is 49.8 Å². The van der Waals surface area contributed by atoms with Crippen LogP contribution in [0.4, 0.5) is 0 Å². The van der Waals surface area contributed by atoms with Crippen LogP contribution in [0.1, 0.15) is 49.8 Å². The first-order valence-electron chi connectivity index (χ1n) is 7.56. The Balaban J connectivity index is 2.17. The van der Waals surface area contributed by atoms with Crippen LogP contribution < -0.4 is 5.73 Å². The Kier molecular flexibility index (Phi) is 5.04. The maximum Gasteiger partial charge on any atom is 0.235 e. The molecule has 2 rings (SSSR count). The predicted octanol–water partition coefficient (Wildman–Crippen LogP) is 3.17. The maximum atomic E-state index is 13.0. The Morgan fingerprint density at radius 3 is 2.48 bits per heavy atom. The summed E-state index contributed by atoms with van der Waals surface area (Å²) in [6.45, 7) is 2.44. The van der Waals surface area contributed by atoms with E-state index in [-0.39, 0.29) is 5.91 Å². The summed E-state index contributed by atoms with van der Waals surface area (Å²) in [5, 5.41) is 0. The van der Waals surface area contributed by atoms with Crippen molar-refractivity contribution in [3.63, 3.8) is 0 Å². The van der Waals surface area contributed by atoms with Gasteiger partial charge in [0, 0.05) is 19.2 Å². The summed E-state index contributed by atoms with van der Waals surface area (Å²) < 4.78 is 5.29. The zero-order chi connectivity index (χ0) is 15.5. The molecule has 0 unspecified atom stereocenters. The van der Waals surface area contributed by atoms with Gasteiger partial charge in [0.25, 0.3) is 0 Å². The van der Waals surface area contributed by atoms with Gasteiger partial charge in [-0.15, -0.1) is 0 Å². The van der Waals surface area contributed by atoms with Gasteiger partial charge in [0.15, 0.2) is 0 Å². The Hall–Kier alpha value is -1.36. The standard InChI is InChI=1S/C16H24N2O2S/c1-12-13(7-10-20-12)11-18(2)15(19)16(14(17)21)8-5-3-4-6-9-16/h7,10H,3-6,8-9,11H2,1-2H3,(H2,17,21). The number of nitrogens with zero attached hydrogens (tertiary/aromatic N) is 1. The van der Waals surface area contributed by atoms with Crippen molar-refractivity contribution in [3.05, 3.63) is 23.7 Å². The maximum absolute atomic E-state index is 13.0. The van der Waals surface area contributed by atoms with Gasteiger partial charge in [0.1, 0.15) is 5.76 Å². The quantitative estimate of drug-likeness (QED) is 0.685. The molecule has 2 N–H and O–H groups in total. The molecule has 1 aromatic heterocycles. The fourth-order valence-electron chi connectivity index (χ4n) is 3.17. The Morgan fingerprint density at radius 2 is 2.00 bits per heavy atom. The van der Waals surface area contributed by atoms with Crippen molar-refractivity contribution in [1.29, 1.82) is 0 Å². The number of aryl methyl sites for hydroxylation is 1. The summed E-state index contributed by atoms with van der Waals surface area (Å²) in [6.07, 6.45) is 7.54. The molecule has 0 aliphatic heterocycles. The molecule has 1 heterocycles. The van der Waals surface area contributed by atoms with Crippen molar-refractivity contribution >= 4 is 23.1 Å². The van der Waals surface area contributed by atoms with Crippen LogP contribution in [-0.2, 0) is 11.3 Å². The Labute approximate surface area is 131 Å². The molecule has 1 saturated carbocycles. The Morgan fingerprint density at radius 1 is 1.38 bits per heavy atom. The van der Waals surface area contributed by atoms with Crippen molar-refractivity contribution in [2.75, 3.05) is 7.05 Å². The molecule has 5 heteroatoms. The lowest BCUT2D eigenvalue weighted by Gasteiger charge is -2.34. The fraction of sp³-hybridized carbons (Fsp3) is 0.625. The molecule has 21 heavy (non-hydrogen) atoms. The van der Waals surface area contributed by atoms with Crippen LogP contribution >= 0.6 is 12.2 Å². The lowest BCUT2D eigenvalue weighted by molar-refractivity contribution is -0.138. The lowest BCUT2D eigenvalue weighted by Crippen LogP contribution is -2.49. The first-order chi connectivity index (χ1) is 9.97. The number of amides is 1. The summed E-state index contributed by atoms with van der Waals surface area (Å²) in [4.78, 5) is 15.1. The highest BCUT2D eigenvalue weighted by atomic mass is 32.1. The molecule has 0 saturated heterocycles. The van der Waals surface area contributed by atoms with E-state index in [1.165, 1.54) is 0 Å². The van der Waals surface area contributed by atoms with E-state index in [1.54, 1.807) is 11.2 Å². The van der Waals surface area contributed by atoms with Gasteiger partial charge in [0.2, 0.25) is 5.91 Å². The van der Waals surface area contributed by atoms with Crippen LogP contribution in [0.5, 0.6) is 0 Å². The topological polar surface area (TPSA) is 59.5 Å². The molecule has 1 aliphatic carbocycles. The monoisotopic (exact) mass is 308 g/mol. The van der Waals surface area contributed by atoms with Crippen molar-refractivity contribution < 1.29 is 9.21 Å². The van der Waals surface area contributed by atoms with E-state index >= 15 is 0 Å². The minimum atomic E-state index is -0.655. The average Bonchev–Trinajstić information content (AvgIpc) is 2.71. The van der Waals surface area contributed by atoms with Gasteiger partial charge in [-0.2, -0.15) is 0 Å². The lowest BCUT2D eigenvalue weighted by atomic mass is 9.78. The molecule has 0 radical (unpaired) electrons. The molecular weight excluding hydrogens is 284 g/mol. The van der Waals surface area contributed by atoms with Crippen LogP contribution in [0.2, 0.25) is 0 Å². The van der Waals surface area contributed by atoms with Crippen molar-refractivity contribution in [2.45, 2.75) is 52.0 Å². The normalized spacial score (nSPS) is 18.0. The summed E-state index contributed by atoms with van der Waals surface area (Å²) in [5.74, 6) is 0.900. The molecule has 0 atom stereocenters. The molecule has 0 bridgehead atoms. The second kappa shape index (κ2) is 6.60. The first-order valence-corrected chi connectivity index (χ1v) is 7.96. The molecular formula is C16H24N2O2S. The number of hydrogen-bond acceptors (Lipinski definition) is 3. The molecule has 0 spiro atoms. The summed E-state index contributed by atoms with van der Waals surface area (Å²) in [6, 6.07) is 1.90. The van der Waals surface area contributed by atoms with Crippen molar-refractivity contribution in [1.82, 2.24) is 4.90 Å². The van der Waals surface area contributed by atoms with Gasteiger partial charge in [-0.05, 0) is 25.8 Å². The largest absolute Gasteiger partial charge is 0.469 e.